The zero-order valence-electron chi connectivity index (χ0n) is 12.7. The molecule has 114 valence electrons. The number of anilines is 1. The van der Waals surface area contributed by atoms with E-state index in [2.05, 4.69) is 17.6 Å². The van der Waals surface area contributed by atoms with Gasteiger partial charge in [0.1, 0.15) is 6.61 Å². The Balaban J connectivity index is 1.66. The summed E-state index contributed by atoms with van der Waals surface area (Å²) in [4.78, 5) is 12.5. The predicted molar refractivity (Wildman–Crippen MR) is 83.9 cm³/mol. The van der Waals surface area contributed by atoms with Crippen molar-refractivity contribution in [2.24, 2.45) is 5.92 Å². The van der Waals surface area contributed by atoms with Crippen molar-refractivity contribution in [3.05, 3.63) is 23.8 Å². The number of hydrogen-bond acceptors (Lipinski definition) is 3. The van der Waals surface area contributed by atoms with Crippen LogP contribution in [0, 0.1) is 5.92 Å². The summed E-state index contributed by atoms with van der Waals surface area (Å²) in [5, 5.41) is 6.45. The standard InChI is InChI=1S/C17H24N2O2/c1-2-12-6-8-13(9-7-12)19-17(20)14-4-3-5-15-16(14)21-11-10-18-15/h3-5,12-13,18H,2,6-11H2,1H3,(H,19,20). The maximum atomic E-state index is 12.5. The van der Waals surface area contributed by atoms with Crippen LogP contribution in [0.1, 0.15) is 49.4 Å². The van der Waals surface area contributed by atoms with Crippen molar-refractivity contribution < 1.29 is 9.53 Å². The lowest BCUT2D eigenvalue weighted by Crippen LogP contribution is -2.38. The van der Waals surface area contributed by atoms with E-state index in [9.17, 15) is 4.79 Å². The van der Waals surface area contributed by atoms with E-state index in [1.54, 1.807) is 0 Å². The Morgan fingerprint density at radius 2 is 2.14 bits per heavy atom. The predicted octanol–water partition coefficient (Wildman–Crippen LogP) is 3.19. The van der Waals surface area contributed by atoms with Crippen molar-refractivity contribution in [1.29, 1.82) is 0 Å². The first kappa shape index (κ1) is 14.2. The number of amides is 1. The fraction of sp³-hybridized carbons (Fsp3) is 0.588. The van der Waals surface area contributed by atoms with E-state index in [0.717, 1.165) is 31.0 Å². The van der Waals surface area contributed by atoms with Crippen LogP contribution in [0.2, 0.25) is 0 Å². The SMILES string of the molecule is CCC1CCC(NC(=O)c2cccc3c2OCCN3)CC1. The number of hydrogen-bond donors (Lipinski definition) is 2. The second-order valence-electron chi connectivity index (χ2n) is 6.06. The highest BCUT2D eigenvalue weighted by atomic mass is 16.5. The molecule has 0 bridgehead atoms. The number of carbonyl (C=O) groups excluding carboxylic acids is 1. The molecular weight excluding hydrogens is 264 g/mol. The fourth-order valence-corrected chi connectivity index (χ4v) is 3.33. The molecule has 2 aliphatic rings. The van der Waals surface area contributed by atoms with Gasteiger partial charge >= 0.3 is 0 Å². The van der Waals surface area contributed by atoms with Crippen LogP contribution < -0.4 is 15.4 Å². The Morgan fingerprint density at radius 1 is 1.33 bits per heavy atom. The lowest BCUT2D eigenvalue weighted by atomic mass is 9.84. The third-order valence-corrected chi connectivity index (χ3v) is 4.68. The Kier molecular flexibility index (Phi) is 4.32. The van der Waals surface area contributed by atoms with E-state index in [1.165, 1.54) is 19.3 Å². The minimum absolute atomic E-state index is 0.00417. The van der Waals surface area contributed by atoms with Gasteiger partial charge in [0.05, 0.1) is 11.3 Å². The quantitative estimate of drug-likeness (QED) is 0.898. The van der Waals surface area contributed by atoms with Crippen molar-refractivity contribution in [2.45, 2.75) is 45.1 Å². The molecule has 0 atom stereocenters. The van der Waals surface area contributed by atoms with Gasteiger partial charge in [0.25, 0.3) is 5.91 Å². The van der Waals surface area contributed by atoms with Crippen molar-refractivity contribution >= 4 is 11.6 Å². The lowest BCUT2D eigenvalue weighted by molar-refractivity contribution is 0.0917. The first-order valence-electron chi connectivity index (χ1n) is 8.08. The lowest BCUT2D eigenvalue weighted by Gasteiger charge is -2.29. The summed E-state index contributed by atoms with van der Waals surface area (Å²) in [6.07, 6.45) is 5.90. The van der Waals surface area contributed by atoms with Gasteiger partial charge in [-0.05, 0) is 43.7 Å². The summed E-state index contributed by atoms with van der Waals surface area (Å²) in [5.41, 5.74) is 1.57. The van der Waals surface area contributed by atoms with Gasteiger partial charge < -0.3 is 15.4 Å². The zero-order valence-corrected chi connectivity index (χ0v) is 12.7. The molecular formula is C17H24N2O2. The molecule has 0 unspecified atom stereocenters. The second kappa shape index (κ2) is 6.37. The van der Waals surface area contributed by atoms with Gasteiger partial charge in [-0.15, -0.1) is 0 Å². The molecule has 3 rings (SSSR count). The fourth-order valence-electron chi connectivity index (χ4n) is 3.33. The van der Waals surface area contributed by atoms with E-state index in [0.29, 0.717) is 24.0 Å². The molecule has 4 nitrogen and oxygen atoms in total. The van der Waals surface area contributed by atoms with Crippen LogP contribution in [-0.4, -0.2) is 25.1 Å². The second-order valence-corrected chi connectivity index (χ2v) is 6.06. The summed E-state index contributed by atoms with van der Waals surface area (Å²) in [6.45, 7) is 3.65. The monoisotopic (exact) mass is 288 g/mol. The molecule has 0 saturated heterocycles. The van der Waals surface area contributed by atoms with E-state index in [-0.39, 0.29) is 5.91 Å². The molecule has 1 saturated carbocycles. The Morgan fingerprint density at radius 3 is 2.90 bits per heavy atom. The number of nitrogens with one attached hydrogen (secondary N) is 2. The highest BCUT2D eigenvalue weighted by molar-refractivity contribution is 5.99. The third-order valence-electron chi connectivity index (χ3n) is 4.68. The van der Waals surface area contributed by atoms with Crippen molar-refractivity contribution in [3.8, 4) is 5.75 Å². The smallest absolute Gasteiger partial charge is 0.255 e. The molecule has 4 heteroatoms. The van der Waals surface area contributed by atoms with E-state index in [1.807, 2.05) is 18.2 Å². The molecule has 0 spiro atoms. The van der Waals surface area contributed by atoms with Crippen LogP contribution >= 0.6 is 0 Å². The Labute approximate surface area is 126 Å². The van der Waals surface area contributed by atoms with Crippen LogP contribution in [0.5, 0.6) is 5.75 Å². The van der Waals surface area contributed by atoms with Crippen LogP contribution in [-0.2, 0) is 0 Å². The number of rotatable bonds is 3. The van der Waals surface area contributed by atoms with E-state index < -0.39 is 0 Å². The zero-order chi connectivity index (χ0) is 14.7. The summed E-state index contributed by atoms with van der Waals surface area (Å²) >= 11 is 0. The average molecular weight is 288 g/mol. The first-order chi connectivity index (χ1) is 10.3. The number of para-hydroxylation sites is 1. The van der Waals surface area contributed by atoms with Gasteiger partial charge in [-0.25, -0.2) is 0 Å². The van der Waals surface area contributed by atoms with Gasteiger partial charge in [0, 0.05) is 12.6 Å². The maximum absolute atomic E-state index is 12.5. The number of ether oxygens (including phenoxy) is 1. The molecule has 1 amide bonds. The molecule has 21 heavy (non-hydrogen) atoms. The van der Waals surface area contributed by atoms with Gasteiger partial charge in [0.15, 0.2) is 5.75 Å². The largest absolute Gasteiger partial charge is 0.489 e. The Hall–Kier alpha value is -1.71. The van der Waals surface area contributed by atoms with Gasteiger partial charge in [-0.1, -0.05) is 19.4 Å². The van der Waals surface area contributed by atoms with Crippen molar-refractivity contribution in [3.63, 3.8) is 0 Å². The van der Waals surface area contributed by atoms with Crippen molar-refractivity contribution in [1.82, 2.24) is 5.32 Å². The number of carbonyl (C=O) groups is 1. The van der Waals surface area contributed by atoms with Crippen LogP contribution in [0.3, 0.4) is 0 Å². The molecule has 1 aromatic carbocycles. The van der Waals surface area contributed by atoms with Crippen molar-refractivity contribution in [2.75, 3.05) is 18.5 Å². The van der Waals surface area contributed by atoms with Gasteiger partial charge in [-0.2, -0.15) is 0 Å². The molecule has 1 fully saturated rings. The molecule has 1 aromatic rings. The minimum Gasteiger partial charge on any atom is -0.489 e. The topological polar surface area (TPSA) is 50.4 Å². The molecule has 1 heterocycles. The van der Waals surface area contributed by atoms with Crippen LogP contribution in [0.4, 0.5) is 5.69 Å². The van der Waals surface area contributed by atoms with Crippen LogP contribution in [0.25, 0.3) is 0 Å². The number of benzene rings is 1. The maximum Gasteiger partial charge on any atom is 0.255 e. The summed E-state index contributed by atoms with van der Waals surface area (Å²) < 4.78 is 5.68. The first-order valence-corrected chi connectivity index (χ1v) is 8.08. The highest BCUT2D eigenvalue weighted by Crippen LogP contribution is 2.32. The van der Waals surface area contributed by atoms with Crippen LogP contribution in [0.15, 0.2) is 18.2 Å². The average Bonchev–Trinajstić information content (AvgIpc) is 2.55. The normalized spacial score (nSPS) is 24.4. The van der Waals surface area contributed by atoms with Gasteiger partial charge in [-0.3, -0.25) is 4.79 Å². The summed E-state index contributed by atoms with van der Waals surface area (Å²) in [5.74, 6) is 1.54. The molecule has 0 radical (unpaired) electrons. The van der Waals surface area contributed by atoms with Gasteiger partial charge in [0.2, 0.25) is 0 Å². The molecule has 1 aliphatic carbocycles. The molecule has 2 N–H and O–H groups in total. The Bertz CT molecular complexity index is 508. The highest BCUT2D eigenvalue weighted by Gasteiger charge is 2.24. The molecule has 0 aromatic heterocycles. The molecule has 1 aliphatic heterocycles. The third kappa shape index (κ3) is 3.14. The summed E-state index contributed by atoms with van der Waals surface area (Å²) in [6, 6.07) is 6.02. The minimum atomic E-state index is -0.00417. The number of fused-ring (bicyclic) bond motifs is 1. The van der Waals surface area contributed by atoms with E-state index >= 15 is 0 Å². The van der Waals surface area contributed by atoms with E-state index in [4.69, 9.17) is 4.74 Å². The summed E-state index contributed by atoms with van der Waals surface area (Å²) in [7, 11) is 0.